The molecule has 0 saturated carbocycles. The Balaban J connectivity index is 2.62. The highest BCUT2D eigenvalue weighted by atomic mass is 16.6. The van der Waals surface area contributed by atoms with E-state index >= 15 is 0 Å². The third-order valence-corrected chi connectivity index (χ3v) is 2.39. The van der Waals surface area contributed by atoms with Crippen molar-refractivity contribution in [1.29, 1.82) is 0 Å². The second kappa shape index (κ2) is 7.45. The molecule has 1 rings (SSSR count). The van der Waals surface area contributed by atoms with Crippen LogP contribution in [0.4, 0.5) is 11.4 Å². The van der Waals surface area contributed by atoms with Gasteiger partial charge in [-0.15, -0.1) is 0 Å². The average molecular weight is 267 g/mol. The summed E-state index contributed by atoms with van der Waals surface area (Å²) < 4.78 is 4.82. The number of nitro benzene ring substituents is 1. The van der Waals surface area contributed by atoms with Crippen LogP contribution in [0, 0.1) is 17.0 Å². The van der Waals surface area contributed by atoms with E-state index in [0.29, 0.717) is 13.2 Å². The van der Waals surface area contributed by atoms with Crippen LogP contribution in [0.5, 0.6) is 0 Å². The molecule has 7 nitrogen and oxygen atoms in total. The van der Waals surface area contributed by atoms with Crippen LogP contribution < -0.4 is 10.6 Å². The molecule has 1 aromatic rings. The Morgan fingerprint density at radius 3 is 2.84 bits per heavy atom. The van der Waals surface area contributed by atoms with Gasteiger partial charge in [0, 0.05) is 19.7 Å². The summed E-state index contributed by atoms with van der Waals surface area (Å²) in [6.07, 6.45) is 0. The fourth-order valence-electron chi connectivity index (χ4n) is 1.48. The normalized spacial score (nSPS) is 10.2. The van der Waals surface area contributed by atoms with E-state index in [4.69, 9.17) is 4.74 Å². The monoisotopic (exact) mass is 267 g/mol. The van der Waals surface area contributed by atoms with Crippen LogP contribution in [-0.2, 0) is 9.53 Å². The van der Waals surface area contributed by atoms with Crippen molar-refractivity contribution in [3.05, 3.63) is 33.9 Å². The number of amides is 1. The standard InChI is InChI=1S/C12H17N3O4/c1-9-3-4-11(15(17)18)10(7-9)14-12(16)8-13-5-6-19-2/h3-4,7,13H,5-6,8H2,1-2H3,(H,14,16). The molecular weight excluding hydrogens is 250 g/mol. The van der Waals surface area contributed by atoms with Gasteiger partial charge >= 0.3 is 0 Å². The predicted molar refractivity (Wildman–Crippen MR) is 71.2 cm³/mol. The Bertz CT molecular complexity index is 462. The number of methoxy groups -OCH3 is 1. The lowest BCUT2D eigenvalue weighted by Crippen LogP contribution is -2.30. The molecule has 0 spiro atoms. The van der Waals surface area contributed by atoms with Gasteiger partial charge in [0.2, 0.25) is 5.91 Å². The molecule has 0 saturated heterocycles. The number of aryl methyl sites for hydroxylation is 1. The zero-order valence-electron chi connectivity index (χ0n) is 10.9. The fourth-order valence-corrected chi connectivity index (χ4v) is 1.48. The number of anilines is 1. The highest BCUT2D eigenvalue weighted by molar-refractivity contribution is 5.94. The first-order valence-electron chi connectivity index (χ1n) is 5.79. The maximum atomic E-state index is 11.6. The van der Waals surface area contributed by atoms with Crippen LogP contribution in [0.2, 0.25) is 0 Å². The summed E-state index contributed by atoms with van der Waals surface area (Å²) in [6, 6.07) is 4.58. The lowest BCUT2D eigenvalue weighted by Gasteiger charge is -2.07. The molecule has 0 fully saturated rings. The smallest absolute Gasteiger partial charge is 0.292 e. The molecule has 0 aliphatic heterocycles. The van der Waals surface area contributed by atoms with Crippen molar-refractivity contribution in [2.24, 2.45) is 0 Å². The van der Waals surface area contributed by atoms with E-state index in [0.717, 1.165) is 5.56 Å². The second-order valence-electron chi connectivity index (χ2n) is 4.00. The molecular formula is C12H17N3O4. The molecule has 1 amide bonds. The number of hydrogen-bond donors (Lipinski definition) is 2. The summed E-state index contributed by atoms with van der Waals surface area (Å²) in [5.74, 6) is -0.329. The lowest BCUT2D eigenvalue weighted by atomic mass is 10.2. The van der Waals surface area contributed by atoms with Crippen LogP contribution in [0.15, 0.2) is 18.2 Å². The van der Waals surface area contributed by atoms with Gasteiger partial charge in [0.15, 0.2) is 0 Å². The molecule has 104 valence electrons. The SMILES string of the molecule is COCCNCC(=O)Nc1cc(C)ccc1[N+](=O)[O-]. The van der Waals surface area contributed by atoms with Gasteiger partial charge in [-0.2, -0.15) is 0 Å². The topological polar surface area (TPSA) is 93.5 Å². The summed E-state index contributed by atoms with van der Waals surface area (Å²) in [7, 11) is 1.57. The second-order valence-corrected chi connectivity index (χ2v) is 4.00. The minimum absolute atomic E-state index is 0.0778. The number of ether oxygens (including phenoxy) is 1. The zero-order valence-corrected chi connectivity index (χ0v) is 10.9. The zero-order chi connectivity index (χ0) is 14.3. The van der Waals surface area contributed by atoms with Gasteiger partial charge in [0.1, 0.15) is 5.69 Å². The van der Waals surface area contributed by atoms with Crippen molar-refractivity contribution >= 4 is 17.3 Å². The van der Waals surface area contributed by atoms with Gasteiger partial charge in [-0.3, -0.25) is 14.9 Å². The Labute approximate surface area is 111 Å². The first-order chi connectivity index (χ1) is 9.04. The Hall–Kier alpha value is -1.99. The molecule has 0 aliphatic rings. The molecule has 0 aliphatic carbocycles. The number of hydrogen-bond acceptors (Lipinski definition) is 5. The molecule has 0 atom stereocenters. The van der Waals surface area contributed by atoms with E-state index in [-0.39, 0.29) is 23.8 Å². The van der Waals surface area contributed by atoms with E-state index in [1.165, 1.54) is 6.07 Å². The number of carbonyl (C=O) groups is 1. The van der Waals surface area contributed by atoms with Gasteiger partial charge in [-0.1, -0.05) is 6.07 Å². The van der Waals surface area contributed by atoms with Crippen molar-refractivity contribution in [1.82, 2.24) is 5.32 Å². The van der Waals surface area contributed by atoms with Gasteiger partial charge in [0.25, 0.3) is 5.69 Å². The minimum Gasteiger partial charge on any atom is -0.383 e. The maximum absolute atomic E-state index is 11.6. The summed E-state index contributed by atoms with van der Waals surface area (Å²) in [6.45, 7) is 2.92. The number of nitrogens with zero attached hydrogens (tertiary/aromatic N) is 1. The molecule has 0 heterocycles. The fraction of sp³-hybridized carbons (Fsp3) is 0.417. The van der Waals surface area contributed by atoms with Crippen LogP contribution in [0.25, 0.3) is 0 Å². The molecule has 0 radical (unpaired) electrons. The Kier molecular flexibility index (Phi) is 5.91. The summed E-state index contributed by atoms with van der Waals surface area (Å²) in [5, 5.41) is 16.2. The first kappa shape index (κ1) is 15.1. The largest absolute Gasteiger partial charge is 0.383 e. The van der Waals surface area contributed by atoms with Gasteiger partial charge in [-0.05, 0) is 18.6 Å². The van der Waals surface area contributed by atoms with Crippen LogP contribution >= 0.6 is 0 Å². The van der Waals surface area contributed by atoms with Crippen molar-refractivity contribution in [3.8, 4) is 0 Å². The quantitative estimate of drug-likeness (QED) is 0.438. The van der Waals surface area contributed by atoms with E-state index in [2.05, 4.69) is 10.6 Å². The third kappa shape index (κ3) is 5.02. The van der Waals surface area contributed by atoms with Gasteiger partial charge in [0.05, 0.1) is 18.1 Å². The number of benzene rings is 1. The minimum atomic E-state index is -0.520. The lowest BCUT2D eigenvalue weighted by molar-refractivity contribution is -0.383. The van der Waals surface area contributed by atoms with Gasteiger partial charge < -0.3 is 15.4 Å². The number of nitro groups is 1. The predicted octanol–water partition coefficient (Wildman–Crippen LogP) is 1.08. The third-order valence-electron chi connectivity index (χ3n) is 2.39. The summed E-state index contributed by atoms with van der Waals surface area (Å²) in [5.41, 5.74) is 0.938. The summed E-state index contributed by atoms with van der Waals surface area (Å²) >= 11 is 0. The molecule has 19 heavy (non-hydrogen) atoms. The molecule has 1 aromatic carbocycles. The molecule has 0 bridgehead atoms. The van der Waals surface area contributed by atoms with Crippen molar-refractivity contribution < 1.29 is 14.5 Å². The number of nitrogens with one attached hydrogen (secondary N) is 2. The van der Waals surface area contributed by atoms with E-state index in [1.54, 1.807) is 26.2 Å². The number of rotatable bonds is 7. The van der Waals surface area contributed by atoms with Crippen LogP contribution in [0.1, 0.15) is 5.56 Å². The van der Waals surface area contributed by atoms with Crippen LogP contribution in [-0.4, -0.2) is 37.6 Å². The highest BCUT2D eigenvalue weighted by Crippen LogP contribution is 2.24. The van der Waals surface area contributed by atoms with E-state index in [9.17, 15) is 14.9 Å². The summed E-state index contributed by atoms with van der Waals surface area (Å²) in [4.78, 5) is 21.9. The average Bonchev–Trinajstić information content (AvgIpc) is 2.34. The molecule has 2 N–H and O–H groups in total. The Morgan fingerprint density at radius 1 is 1.47 bits per heavy atom. The molecule has 0 aromatic heterocycles. The Morgan fingerprint density at radius 2 is 2.21 bits per heavy atom. The van der Waals surface area contributed by atoms with Gasteiger partial charge in [-0.25, -0.2) is 0 Å². The van der Waals surface area contributed by atoms with E-state index < -0.39 is 4.92 Å². The molecule has 7 heteroatoms. The van der Waals surface area contributed by atoms with Crippen molar-refractivity contribution in [2.45, 2.75) is 6.92 Å². The highest BCUT2D eigenvalue weighted by Gasteiger charge is 2.15. The van der Waals surface area contributed by atoms with Crippen molar-refractivity contribution in [3.63, 3.8) is 0 Å². The van der Waals surface area contributed by atoms with Crippen molar-refractivity contribution in [2.75, 3.05) is 32.1 Å². The first-order valence-corrected chi connectivity index (χ1v) is 5.79. The maximum Gasteiger partial charge on any atom is 0.292 e. The van der Waals surface area contributed by atoms with Crippen LogP contribution in [0.3, 0.4) is 0 Å². The molecule has 0 unspecified atom stereocenters. The van der Waals surface area contributed by atoms with E-state index in [1.807, 2.05) is 0 Å². The number of carbonyl (C=O) groups excluding carboxylic acids is 1.